The molecular weight excluding hydrogens is 176 g/mol. The van der Waals surface area contributed by atoms with Crippen LogP contribution in [0.5, 0.6) is 0 Å². The normalized spacial score (nSPS) is 19.4. The van der Waals surface area contributed by atoms with Gasteiger partial charge in [-0.25, -0.2) is 0 Å². The maximum Gasteiger partial charge on any atom is 0.247 e. The summed E-state index contributed by atoms with van der Waals surface area (Å²) in [5, 5.41) is 2.82. The fraction of sp³-hybridized carbons (Fsp3) is 0.273. The SMILES string of the molecule is O=C1NCCC/C1=C\c1ccccn1. The van der Waals surface area contributed by atoms with Crippen LogP contribution in [0.25, 0.3) is 6.08 Å². The number of hydrogen-bond acceptors (Lipinski definition) is 2. The summed E-state index contributed by atoms with van der Waals surface area (Å²) in [5.74, 6) is 0.0434. The van der Waals surface area contributed by atoms with E-state index in [1.54, 1.807) is 6.20 Å². The molecule has 72 valence electrons. The number of pyridine rings is 1. The molecule has 0 aromatic carbocycles. The summed E-state index contributed by atoms with van der Waals surface area (Å²) in [6.07, 6.45) is 5.45. The third-order valence-electron chi connectivity index (χ3n) is 2.21. The Morgan fingerprint density at radius 1 is 1.43 bits per heavy atom. The predicted octanol–water partition coefficient (Wildman–Crippen LogP) is 1.37. The molecule has 2 rings (SSSR count). The second-order valence-electron chi connectivity index (χ2n) is 3.28. The van der Waals surface area contributed by atoms with Crippen LogP contribution in [-0.4, -0.2) is 17.4 Å². The zero-order valence-electron chi connectivity index (χ0n) is 7.86. The van der Waals surface area contributed by atoms with E-state index < -0.39 is 0 Å². The summed E-state index contributed by atoms with van der Waals surface area (Å²) in [6, 6.07) is 5.68. The first-order valence-electron chi connectivity index (χ1n) is 4.76. The van der Waals surface area contributed by atoms with E-state index in [2.05, 4.69) is 10.3 Å². The van der Waals surface area contributed by atoms with Crippen molar-refractivity contribution in [2.75, 3.05) is 6.54 Å². The van der Waals surface area contributed by atoms with E-state index in [1.165, 1.54) is 0 Å². The number of hydrogen-bond donors (Lipinski definition) is 1. The Kier molecular flexibility index (Phi) is 2.58. The molecule has 0 atom stereocenters. The highest BCUT2D eigenvalue weighted by Gasteiger charge is 2.13. The molecule has 0 spiro atoms. The quantitative estimate of drug-likeness (QED) is 0.676. The molecule has 2 heterocycles. The lowest BCUT2D eigenvalue weighted by Crippen LogP contribution is -2.30. The van der Waals surface area contributed by atoms with Gasteiger partial charge in [-0.05, 0) is 31.1 Å². The lowest BCUT2D eigenvalue weighted by Gasteiger charge is -2.14. The van der Waals surface area contributed by atoms with Gasteiger partial charge in [-0.2, -0.15) is 0 Å². The van der Waals surface area contributed by atoms with E-state index in [-0.39, 0.29) is 5.91 Å². The molecule has 1 aromatic rings. The molecule has 0 saturated carbocycles. The van der Waals surface area contributed by atoms with E-state index in [4.69, 9.17) is 0 Å². The van der Waals surface area contributed by atoms with Gasteiger partial charge in [0.1, 0.15) is 0 Å². The minimum Gasteiger partial charge on any atom is -0.352 e. The van der Waals surface area contributed by atoms with Crippen molar-refractivity contribution in [2.45, 2.75) is 12.8 Å². The third-order valence-corrected chi connectivity index (χ3v) is 2.21. The summed E-state index contributed by atoms with van der Waals surface area (Å²) in [4.78, 5) is 15.5. The first-order chi connectivity index (χ1) is 6.86. The minimum absolute atomic E-state index is 0.0434. The molecule has 0 unspecified atom stereocenters. The standard InChI is InChI=1S/C11H12N2O/c14-11-9(4-3-7-13-11)8-10-5-1-2-6-12-10/h1-2,5-6,8H,3-4,7H2,(H,13,14)/b9-8+. The molecule has 0 bridgehead atoms. The molecule has 1 aliphatic heterocycles. The maximum absolute atomic E-state index is 11.4. The van der Waals surface area contributed by atoms with Crippen LogP contribution >= 0.6 is 0 Å². The molecule has 1 N–H and O–H groups in total. The number of amides is 1. The summed E-state index contributed by atoms with van der Waals surface area (Å²) in [7, 11) is 0. The van der Waals surface area contributed by atoms with E-state index in [0.717, 1.165) is 30.7 Å². The molecule has 3 nitrogen and oxygen atoms in total. The number of rotatable bonds is 1. The van der Waals surface area contributed by atoms with Gasteiger partial charge in [0.2, 0.25) is 5.91 Å². The number of aromatic nitrogens is 1. The van der Waals surface area contributed by atoms with Gasteiger partial charge in [0, 0.05) is 18.3 Å². The number of nitrogens with one attached hydrogen (secondary N) is 1. The molecule has 0 radical (unpaired) electrons. The van der Waals surface area contributed by atoms with Gasteiger partial charge in [-0.3, -0.25) is 9.78 Å². The summed E-state index contributed by atoms with van der Waals surface area (Å²) in [6.45, 7) is 0.790. The van der Waals surface area contributed by atoms with E-state index in [0.29, 0.717) is 0 Å². The highest BCUT2D eigenvalue weighted by molar-refractivity contribution is 5.98. The van der Waals surface area contributed by atoms with Gasteiger partial charge in [0.05, 0.1) is 5.69 Å². The molecule has 14 heavy (non-hydrogen) atoms. The van der Waals surface area contributed by atoms with Crippen LogP contribution in [0.2, 0.25) is 0 Å². The average molecular weight is 188 g/mol. The lowest BCUT2D eigenvalue weighted by atomic mass is 10.0. The second-order valence-corrected chi connectivity index (χ2v) is 3.28. The van der Waals surface area contributed by atoms with Crippen molar-refractivity contribution in [3.05, 3.63) is 35.7 Å². The number of nitrogens with zero attached hydrogens (tertiary/aromatic N) is 1. The minimum atomic E-state index is 0.0434. The molecule has 1 aromatic heterocycles. The zero-order valence-corrected chi connectivity index (χ0v) is 7.86. The van der Waals surface area contributed by atoms with Gasteiger partial charge in [-0.1, -0.05) is 6.07 Å². The average Bonchev–Trinajstić information content (AvgIpc) is 2.23. The monoisotopic (exact) mass is 188 g/mol. The number of piperidine rings is 1. The molecule has 0 aliphatic carbocycles. The molecule has 1 amide bonds. The van der Waals surface area contributed by atoms with Crippen LogP contribution in [-0.2, 0) is 4.79 Å². The third kappa shape index (κ3) is 1.99. The van der Waals surface area contributed by atoms with E-state index >= 15 is 0 Å². The summed E-state index contributed by atoms with van der Waals surface area (Å²) >= 11 is 0. The van der Waals surface area contributed by atoms with Crippen LogP contribution in [0.3, 0.4) is 0 Å². The van der Waals surface area contributed by atoms with Crippen LogP contribution in [0.15, 0.2) is 30.0 Å². The van der Waals surface area contributed by atoms with Crippen molar-refractivity contribution < 1.29 is 4.79 Å². The highest BCUT2D eigenvalue weighted by atomic mass is 16.1. The smallest absolute Gasteiger partial charge is 0.247 e. The van der Waals surface area contributed by atoms with Crippen molar-refractivity contribution in [3.63, 3.8) is 0 Å². The van der Waals surface area contributed by atoms with Crippen molar-refractivity contribution in [2.24, 2.45) is 0 Å². The van der Waals surface area contributed by atoms with Gasteiger partial charge < -0.3 is 5.32 Å². The Morgan fingerprint density at radius 3 is 3.07 bits per heavy atom. The van der Waals surface area contributed by atoms with E-state index in [1.807, 2.05) is 24.3 Å². The molecule has 3 heteroatoms. The summed E-state index contributed by atoms with van der Waals surface area (Å²) < 4.78 is 0. The van der Waals surface area contributed by atoms with Gasteiger partial charge >= 0.3 is 0 Å². The Hall–Kier alpha value is -1.64. The lowest BCUT2D eigenvalue weighted by molar-refractivity contribution is -0.118. The Bertz CT molecular complexity index is 357. The Balaban J connectivity index is 2.21. The van der Waals surface area contributed by atoms with Gasteiger partial charge in [0.25, 0.3) is 0 Å². The Labute approximate surface area is 82.9 Å². The first kappa shape index (κ1) is 8.94. The molecule has 1 fully saturated rings. The first-order valence-corrected chi connectivity index (χ1v) is 4.76. The van der Waals surface area contributed by atoms with Gasteiger partial charge in [-0.15, -0.1) is 0 Å². The fourth-order valence-electron chi connectivity index (χ4n) is 1.49. The van der Waals surface area contributed by atoms with Crippen LogP contribution in [0.1, 0.15) is 18.5 Å². The van der Waals surface area contributed by atoms with Crippen molar-refractivity contribution in [3.8, 4) is 0 Å². The number of carbonyl (C=O) groups excluding carboxylic acids is 1. The zero-order chi connectivity index (χ0) is 9.80. The molecule has 1 saturated heterocycles. The van der Waals surface area contributed by atoms with E-state index in [9.17, 15) is 4.79 Å². The second kappa shape index (κ2) is 4.05. The summed E-state index contributed by atoms with van der Waals surface area (Å²) in [5.41, 5.74) is 1.68. The topological polar surface area (TPSA) is 42.0 Å². The Morgan fingerprint density at radius 2 is 2.36 bits per heavy atom. The van der Waals surface area contributed by atoms with Crippen molar-refractivity contribution in [1.29, 1.82) is 0 Å². The predicted molar refractivity (Wildman–Crippen MR) is 54.5 cm³/mol. The van der Waals surface area contributed by atoms with Crippen molar-refractivity contribution >= 4 is 12.0 Å². The number of carbonyl (C=O) groups is 1. The van der Waals surface area contributed by atoms with Crippen LogP contribution in [0, 0.1) is 0 Å². The van der Waals surface area contributed by atoms with Crippen LogP contribution in [0.4, 0.5) is 0 Å². The fourth-order valence-corrected chi connectivity index (χ4v) is 1.49. The van der Waals surface area contributed by atoms with Crippen molar-refractivity contribution in [1.82, 2.24) is 10.3 Å². The maximum atomic E-state index is 11.4. The van der Waals surface area contributed by atoms with Gasteiger partial charge in [0.15, 0.2) is 0 Å². The largest absolute Gasteiger partial charge is 0.352 e. The highest BCUT2D eigenvalue weighted by Crippen LogP contribution is 2.13. The molecular formula is C11H12N2O. The van der Waals surface area contributed by atoms with Crippen LogP contribution < -0.4 is 5.32 Å². The molecule has 1 aliphatic rings.